The molecule has 0 amide bonds. The number of aryl methyl sites for hydroxylation is 1. The van der Waals surface area contributed by atoms with Gasteiger partial charge >= 0.3 is 0 Å². The summed E-state index contributed by atoms with van der Waals surface area (Å²) < 4.78 is 0.661. The van der Waals surface area contributed by atoms with E-state index < -0.39 is 0 Å². The van der Waals surface area contributed by atoms with Gasteiger partial charge in [0.2, 0.25) is 5.69 Å². The Morgan fingerprint density at radius 3 is 2.42 bits per heavy atom. The maximum atomic E-state index is 12.4. The molecule has 0 radical (unpaired) electrons. The van der Waals surface area contributed by atoms with E-state index in [4.69, 9.17) is 11.6 Å². The van der Waals surface area contributed by atoms with Gasteiger partial charge < -0.3 is 5.21 Å². The predicted octanol–water partition coefficient (Wildman–Crippen LogP) is 3.48. The SMILES string of the molecule is Cc1ccc(C2=[N+]([O-])c3cccc(Cl)c3C2=O)cc1. The number of rotatable bonds is 1. The lowest BCUT2D eigenvalue weighted by molar-refractivity contribution is -0.355. The Bertz CT molecular complexity index is 717. The van der Waals surface area contributed by atoms with Crippen LogP contribution >= 0.6 is 11.6 Å². The lowest BCUT2D eigenvalue weighted by Gasteiger charge is -2.02. The molecule has 94 valence electrons. The van der Waals surface area contributed by atoms with Gasteiger partial charge in [0.15, 0.2) is 0 Å². The van der Waals surface area contributed by atoms with Gasteiger partial charge in [-0.15, -0.1) is 0 Å². The molecule has 0 bridgehead atoms. The largest absolute Gasteiger partial charge is 0.618 e. The van der Waals surface area contributed by atoms with Crippen LogP contribution in [0.5, 0.6) is 0 Å². The molecular formula is C15H10ClNO2. The molecule has 0 spiro atoms. The zero-order valence-corrected chi connectivity index (χ0v) is 10.9. The van der Waals surface area contributed by atoms with Gasteiger partial charge in [-0.25, -0.2) is 0 Å². The van der Waals surface area contributed by atoms with Gasteiger partial charge in [-0.2, -0.15) is 4.74 Å². The van der Waals surface area contributed by atoms with E-state index >= 15 is 0 Å². The van der Waals surface area contributed by atoms with E-state index in [0.717, 1.165) is 5.56 Å². The summed E-state index contributed by atoms with van der Waals surface area (Å²) in [5.41, 5.74) is 2.41. The van der Waals surface area contributed by atoms with Crippen molar-refractivity contribution in [2.45, 2.75) is 6.92 Å². The monoisotopic (exact) mass is 271 g/mol. The van der Waals surface area contributed by atoms with Crippen LogP contribution in [0, 0.1) is 12.1 Å². The first-order valence-corrected chi connectivity index (χ1v) is 6.22. The molecule has 0 fully saturated rings. The molecule has 0 saturated carbocycles. The minimum absolute atomic E-state index is 0.128. The number of carbonyl (C=O) groups is 1. The Balaban J connectivity index is 2.20. The van der Waals surface area contributed by atoms with E-state index in [1.807, 2.05) is 19.1 Å². The lowest BCUT2D eigenvalue weighted by Crippen LogP contribution is -2.16. The van der Waals surface area contributed by atoms with Crippen molar-refractivity contribution in [1.29, 1.82) is 0 Å². The lowest BCUT2D eigenvalue weighted by atomic mass is 10.0. The van der Waals surface area contributed by atoms with Gasteiger partial charge in [-0.1, -0.05) is 35.4 Å². The Morgan fingerprint density at radius 2 is 1.79 bits per heavy atom. The van der Waals surface area contributed by atoms with E-state index in [1.165, 1.54) is 0 Å². The molecule has 4 heteroatoms. The number of carbonyl (C=O) groups excluding carboxylic acids is 1. The molecule has 2 aromatic rings. The molecule has 0 unspecified atom stereocenters. The zero-order valence-electron chi connectivity index (χ0n) is 10.2. The predicted molar refractivity (Wildman–Crippen MR) is 74.4 cm³/mol. The second-order valence-electron chi connectivity index (χ2n) is 4.47. The number of ketones is 1. The van der Waals surface area contributed by atoms with E-state index in [9.17, 15) is 10.0 Å². The van der Waals surface area contributed by atoms with Gasteiger partial charge in [-0.3, -0.25) is 4.79 Å². The standard InChI is InChI=1S/C15H10ClNO2/c1-9-5-7-10(8-6-9)14-15(18)13-11(16)3-2-4-12(13)17(14)19/h2-8H,1H3. The number of halogens is 1. The molecule has 0 N–H and O–H groups in total. The molecule has 1 aliphatic rings. The van der Waals surface area contributed by atoms with Crippen molar-refractivity contribution < 1.29 is 9.53 Å². The molecule has 3 rings (SSSR count). The molecule has 1 heterocycles. The van der Waals surface area contributed by atoms with Crippen LogP contribution in [0.3, 0.4) is 0 Å². The summed E-state index contributed by atoms with van der Waals surface area (Å²) in [4.78, 5) is 12.4. The molecule has 2 aromatic carbocycles. The van der Waals surface area contributed by atoms with Gasteiger partial charge in [0, 0.05) is 6.07 Å². The van der Waals surface area contributed by atoms with Crippen LogP contribution in [0.25, 0.3) is 0 Å². The first kappa shape index (κ1) is 11.9. The molecule has 1 aliphatic heterocycles. The van der Waals surface area contributed by atoms with Crippen molar-refractivity contribution in [3.63, 3.8) is 0 Å². The smallest absolute Gasteiger partial charge is 0.273 e. The van der Waals surface area contributed by atoms with Crippen molar-refractivity contribution in [1.82, 2.24) is 0 Å². The Kier molecular flexibility index (Phi) is 2.64. The maximum absolute atomic E-state index is 12.4. The average molecular weight is 272 g/mol. The third kappa shape index (κ3) is 1.74. The molecule has 0 aliphatic carbocycles. The number of Topliss-reactive ketones (excluding diaryl/α,β-unsaturated/α-hetero) is 1. The van der Waals surface area contributed by atoms with Crippen LogP contribution in [0.2, 0.25) is 5.02 Å². The first-order chi connectivity index (χ1) is 9.09. The molecular weight excluding hydrogens is 262 g/mol. The zero-order chi connectivity index (χ0) is 13.6. The summed E-state index contributed by atoms with van der Waals surface area (Å²) in [6.45, 7) is 1.95. The van der Waals surface area contributed by atoms with Crippen molar-refractivity contribution in [2.24, 2.45) is 0 Å². The summed E-state index contributed by atoms with van der Waals surface area (Å²) in [7, 11) is 0. The van der Waals surface area contributed by atoms with Crippen LogP contribution in [-0.2, 0) is 0 Å². The molecule has 0 aromatic heterocycles. The van der Waals surface area contributed by atoms with Gasteiger partial charge in [0.1, 0.15) is 5.56 Å². The summed E-state index contributed by atoms with van der Waals surface area (Å²) in [6, 6.07) is 12.2. The Morgan fingerprint density at radius 1 is 1.11 bits per heavy atom. The highest BCUT2D eigenvalue weighted by molar-refractivity contribution is 6.54. The maximum Gasteiger partial charge on any atom is 0.273 e. The highest BCUT2D eigenvalue weighted by Crippen LogP contribution is 2.33. The van der Waals surface area contributed by atoms with Gasteiger partial charge in [0.05, 0.1) is 10.6 Å². The van der Waals surface area contributed by atoms with Crippen molar-refractivity contribution in [2.75, 3.05) is 0 Å². The van der Waals surface area contributed by atoms with Crippen molar-refractivity contribution in [3.05, 3.63) is 69.4 Å². The highest BCUT2D eigenvalue weighted by atomic mass is 35.5. The number of nitrogens with zero attached hydrogens (tertiary/aromatic N) is 1. The van der Waals surface area contributed by atoms with Crippen molar-refractivity contribution in [3.8, 4) is 0 Å². The fourth-order valence-corrected chi connectivity index (χ4v) is 2.45. The fraction of sp³-hybridized carbons (Fsp3) is 0.0667. The Labute approximate surface area is 115 Å². The highest BCUT2D eigenvalue weighted by Gasteiger charge is 2.38. The number of hydrogen-bond acceptors (Lipinski definition) is 2. The summed E-state index contributed by atoms with van der Waals surface area (Å²) in [5.74, 6) is -0.320. The summed E-state index contributed by atoms with van der Waals surface area (Å²) in [5, 5.41) is 12.6. The average Bonchev–Trinajstić information content (AvgIpc) is 2.65. The second-order valence-corrected chi connectivity index (χ2v) is 4.88. The van der Waals surface area contributed by atoms with Gasteiger partial charge in [0.25, 0.3) is 11.5 Å². The van der Waals surface area contributed by atoms with Crippen LogP contribution in [-0.4, -0.2) is 16.2 Å². The van der Waals surface area contributed by atoms with Crippen LogP contribution in [0.15, 0.2) is 42.5 Å². The quantitative estimate of drug-likeness (QED) is 0.589. The summed E-state index contributed by atoms with van der Waals surface area (Å²) in [6.07, 6.45) is 0. The van der Waals surface area contributed by atoms with Gasteiger partial charge in [-0.05, 0) is 25.1 Å². The third-order valence-electron chi connectivity index (χ3n) is 3.18. The summed E-state index contributed by atoms with van der Waals surface area (Å²) >= 11 is 6.01. The minimum atomic E-state index is -0.320. The van der Waals surface area contributed by atoms with Crippen LogP contribution in [0.1, 0.15) is 21.5 Å². The normalized spacial score (nSPS) is 13.9. The molecule has 0 atom stereocenters. The molecule has 19 heavy (non-hydrogen) atoms. The molecule has 0 saturated heterocycles. The molecule has 3 nitrogen and oxygen atoms in total. The Hall–Kier alpha value is -2.13. The van der Waals surface area contributed by atoms with Crippen LogP contribution in [0.4, 0.5) is 5.69 Å². The van der Waals surface area contributed by atoms with Crippen LogP contribution < -0.4 is 0 Å². The first-order valence-electron chi connectivity index (χ1n) is 5.84. The van der Waals surface area contributed by atoms with E-state index in [2.05, 4.69) is 0 Å². The number of hydrogen-bond donors (Lipinski definition) is 0. The number of fused-ring (bicyclic) bond motifs is 1. The number of benzene rings is 2. The topological polar surface area (TPSA) is 43.1 Å². The fourth-order valence-electron chi connectivity index (χ4n) is 2.20. The van der Waals surface area contributed by atoms with E-state index in [-0.39, 0.29) is 17.1 Å². The van der Waals surface area contributed by atoms with Crippen molar-refractivity contribution >= 4 is 28.8 Å². The second kappa shape index (κ2) is 4.21. The van der Waals surface area contributed by atoms with E-state index in [0.29, 0.717) is 21.0 Å². The minimum Gasteiger partial charge on any atom is -0.618 e. The van der Waals surface area contributed by atoms with E-state index in [1.54, 1.807) is 30.3 Å². The third-order valence-corrected chi connectivity index (χ3v) is 3.50.